The van der Waals surface area contributed by atoms with Crippen LogP contribution in [0.3, 0.4) is 0 Å². The molecule has 35 heavy (non-hydrogen) atoms. The predicted octanol–water partition coefficient (Wildman–Crippen LogP) is 1.80. The van der Waals surface area contributed by atoms with E-state index in [4.69, 9.17) is 5.73 Å². The topological polar surface area (TPSA) is 144 Å². The fraction of sp³-hybridized carbons (Fsp3) is 0.292. The van der Waals surface area contributed by atoms with Crippen LogP contribution in [0.2, 0.25) is 0 Å². The average molecular weight is 481 g/mol. The van der Waals surface area contributed by atoms with Crippen molar-refractivity contribution in [2.45, 2.75) is 18.1 Å². The first kappa shape index (κ1) is 22.7. The first-order valence-corrected chi connectivity index (χ1v) is 11.1. The SMILES string of the molecule is CN1CCC(N(C)C(=O)C2(c3c(N)c4c(F)cccc4[nH]c3=O)Nc3ccc(C(=O)O)cc3N2)C1. The van der Waals surface area contributed by atoms with Crippen molar-refractivity contribution in [1.29, 1.82) is 0 Å². The van der Waals surface area contributed by atoms with Gasteiger partial charge in [-0.05, 0) is 50.3 Å². The summed E-state index contributed by atoms with van der Waals surface area (Å²) in [5, 5.41) is 15.5. The van der Waals surface area contributed by atoms with Gasteiger partial charge >= 0.3 is 5.97 Å². The molecule has 0 aliphatic carbocycles. The molecule has 5 rings (SSSR count). The lowest BCUT2D eigenvalue weighted by Crippen LogP contribution is -2.58. The van der Waals surface area contributed by atoms with Crippen molar-refractivity contribution >= 4 is 39.8 Å². The molecule has 0 bridgehead atoms. The van der Waals surface area contributed by atoms with Gasteiger partial charge in [-0.2, -0.15) is 0 Å². The van der Waals surface area contributed by atoms with E-state index >= 15 is 0 Å². The average Bonchev–Trinajstić information content (AvgIpc) is 3.41. The van der Waals surface area contributed by atoms with E-state index in [1.54, 1.807) is 11.9 Å². The number of anilines is 3. The maximum Gasteiger partial charge on any atom is 0.335 e. The minimum absolute atomic E-state index is 0.00138. The molecule has 0 saturated carbocycles. The summed E-state index contributed by atoms with van der Waals surface area (Å²) in [6.45, 7) is 1.45. The van der Waals surface area contributed by atoms with E-state index < -0.39 is 28.9 Å². The number of carboxylic acids is 1. The zero-order valence-corrected chi connectivity index (χ0v) is 19.2. The van der Waals surface area contributed by atoms with Crippen LogP contribution in [-0.2, 0) is 10.5 Å². The zero-order chi connectivity index (χ0) is 25.1. The molecule has 11 heteroatoms. The molecule has 2 aliphatic heterocycles. The molecule has 3 heterocycles. The molecule has 0 spiro atoms. The fourth-order valence-corrected chi connectivity index (χ4v) is 5.03. The Hall–Kier alpha value is -4.12. The summed E-state index contributed by atoms with van der Waals surface area (Å²) in [7, 11) is 3.60. The van der Waals surface area contributed by atoms with Gasteiger partial charge in [0.1, 0.15) is 5.82 Å². The Kier molecular flexibility index (Phi) is 5.17. The Labute approximate surface area is 199 Å². The molecule has 0 radical (unpaired) electrons. The van der Waals surface area contributed by atoms with E-state index in [2.05, 4.69) is 20.5 Å². The molecule has 10 nitrogen and oxygen atoms in total. The Bertz CT molecular complexity index is 1440. The molecule has 2 aliphatic rings. The lowest BCUT2D eigenvalue weighted by molar-refractivity contribution is -0.135. The number of pyridine rings is 1. The molecular weight excluding hydrogens is 455 g/mol. The Balaban J connectivity index is 1.72. The maximum absolute atomic E-state index is 14.8. The highest BCUT2D eigenvalue weighted by molar-refractivity contribution is 6.03. The second-order valence-electron chi connectivity index (χ2n) is 9.09. The number of aromatic amines is 1. The molecule has 6 N–H and O–H groups in total. The van der Waals surface area contributed by atoms with Gasteiger partial charge in [-0.1, -0.05) is 6.07 Å². The van der Waals surface area contributed by atoms with Gasteiger partial charge < -0.3 is 36.3 Å². The van der Waals surface area contributed by atoms with Crippen LogP contribution < -0.4 is 21.9 Å². The number of nitrogens with two attached hydrogens (primary N) is 1. The van der Waals surface area contributed by atoms with E-state index in [1.807, 2.05) is 7.05 Å². The van der Waals surface area contributed by atoms with Crippen LogP contribution >= 0.6 is 0 Å². The van der Waals surface area contributed by atoms with Crippen LogP contribution in [0.15, 0.2) is 41.2 Å². The lowest BCUT2D eigenvalue weighted by atomic mass is 9.94. The van der Waals surface area contributed by atoms with Crippen LogP contribution in [-0.4, -0.2) is 65.0 Å². The van der Waals surface area contributed by atoms with Crippen molar-refractivity contribution in [2.24, 2.45) is 0 Å². The van der Waals surface area contributed by atoms with E-state index in [9.17, 15) is 23.9 Å². The number of carbonyl (C=O) groups is 2. The number of likely N-dealkylation sites (tertiary alicyclic amines) is 1. The van der Waals surface area contributed by atoms with E-state index in [0.29, 0.717) is 17.9 Å². The molecule has 3 aromatic rings. The number of carbonyl (C=O) groups excluding carboxylic acids is 1. The summed E-state index contributed by atoms with van der Waals surface area (Å²) in [5.74, 6) is -2.29. The van der Waals surface area contributed by atoms with Crippen molar-refractivity contribution in [3.8, 4) is 0 Å². The van der Waals surface area contributed by atoms with Crippen LogP contribution in [0.5, 0.6) is 0 Å². The first-order valence-electron chi connectivity index (χ1n) is 11.1. The van der Waals surface area contributed by atoms with Gasteiger partial charge in [0.15, 0.2) is 0 Å². The van der Waals surface area contributed by atoms with E-state index in [1.165, 1.54) is 36.4 Å². The number of H-pyrrole nitrogens is 1. The van der Waals surface area contributed by atoms with Gasteiger partial charge in [-0.25, -0.2) is 9.18 Å². The van der Waals surface area contributed by atoms with Crippen LogP contribution in [0.4, 0.5) is 21.5 Å². The molecule has 1 saturated heterocycles. The Morgan fingerprint density at radius 2 is 1.97 bits per heavy atom. The number of likely N-dealkylation sites (N-methyl/N-ethyl adjacent to an activating group) is 2. The molecule has 1 amide bonds. The van der Waals surface area contributed by atoms with Gasteiger partial charge in [0.25, 0.3) is 11.5 Å². The second kappa shape index (κ2) is 7.98. The van der Waals surface area contributed by atoms with Crippen molar-refractivity contribution < 1.29 is 19.1 Å². The number of amides is 1. The highest BCUT2D eigenvalue weighted by Crippen LogP contribution is 2.43. The molecule has 2 atom stereocenters. The normalized spacial score (nSPS) is 21.4. The van der Waals surface area contributed by atoms with Crippen molar-refractivity contribution in [2.75, 3.05) is 43.6 Å². The Morgan fingerprint density at radius 1 is 1.23 bits per heavy atom. The Morgan fingerprint density at radius 3 is 2.66 bits per heavy atom. The van der Waals surface area contributed by atoms with Gasteiger partial charge in [-0.3, -0.25) is 9.59 Å². The number of nitrogen functional groups attached to an aromatic ring is 1. The largest absolute Gasteiger partial charge is 0.478 e. The number of benzene rings is 2. The number of hydrogen-bond acceptors (Lipinski definition) is 7. The highest BCUT2D eigenvalue weighted by Gasteiger charge is 2.51. The zero-order valence-electron chi connectivity index (χ0n) is 19.2. The number of aromatic nitrogens is 1. The number of rotatable bonds is 4. The second-order valence-corrected chi connectivity index (χ2v) is 9.09. The van der Waals surface area contributed by atoms with Crippen molar-refractivity contribution in [3.05, 3.63) is 63.7 Å². The molecular formula is C24H25FN6O4. The minimum Gasteiger partial charge on any atom is -0.478 e. The number of hydrogen-bond donors (Lipinski definition) is 5. The number of aromatic carboxylic acids is 1. The summed E-state index contributed by atoms with van der Waals surface area (Å²) in [5.41, 5.74) is 4.39. The third kappa shape index (κ3) is 3.46. The van der Waals surface area contributed by atoms with Gasteiger partial charge in [0.2, 0.25) is 5.66 Å². The number of nitrogens with zero attached hydrogens (tertiary/aromatic N) is 2. The van der Waals surface area contributed by atoms with Crippen molar-refractivity contribution in [1.82, 2.24) is 14.8 Å². The number of fused-ring (bicyclic) bond motifs is 2. The van der Waals surface area contributed by atoms with Gasteiger partial charge in [-0.15, -0.1) is 0 Å². The summed E-state index contributed by atoms with van der Waals surface area (Å²) < 4.78 is 14.8. The van der Waals surface area contributed by atoms with Crippen molar-refractivity contribution in [3.63, 3.8) is 0 Å². The maximum atomic E-state index is 14.8. The lowest BCUT2D eigenvalue weighted by Gasteiger charge is -2.36. The summed E-state index contributed by atoms with van der Waals surface area (Å²) >= 11 is 0. The van der Waals surface area contributed by atoms with E-state index in [0.717, 1.165) is 13.0 Å². The molecule has 1 fully saturated rings. The summed E-state index contributed by atoms with van der Waals surface area (Å²) in [6.07, 6.45) is 0.739. The standard InChI is InChI=1S/C24H25FN6O4/c1-30-9-8-13(11-30)31(2)23(35)24(28-15-7-6-12(22(33)34)10-17(15)29-24)19-20(26)18-14(25)4-3-5-16(18)27-21(19)32/h3-7,10,13,28-29H,8-9,11H2,1-2H3,(H,33,34)(H3,26,27,32). The molecule has 2 aromatic carbocycles. The highest BCUT2D eigenvalue weighted by atomic mass is 19.1. The molecule has 182 valence electrons. The third-order valence-electron chi connectivity index (χ3n) is 6.87. The van der Waals surface area contributed by atoms with Crippen LogP contribution in [0, 0.1) is 5.82 Å². The fourth-order valence-electron chi connectivity index (χ4n) is 5.03. The summed E-state index contributed by atoms with van der Waals surface area (Å²) in [4.78, 5) is 45.3. The number of halogens is 1. The molecule has 2 unspecified atom stereocenters. The predicted molar refractivity (Wildman–Crippen MR) is 130 cm³/mol. The van der Waals surface area contributed by atoms with E-state index in [-0.39, 0.29) is 33.8 Å². The van der Waals surface area contributed by atoms with Crippen LogP contribution in [0.25, 0.3) is 10.9 Å². The van der Waals surface area contributed by atoms with Gasteiger partial charge in [0.05, 0.1) is 39.1 Å². The first-order chi connectivity index (χ1) is 16.6. The van der Waals surface area contributed by atoms with Gasteiger partial charge in [0, 0.05) is 19.6 Å². The quantitative estimate of drug-likeness (QED) is 0.380. The number of nitrogens with one attached hydrogen (secondary N) is 3. The van der Waals surface area contributed by atoms with Crippen LogP contribution in [0.1, 0.15) is 22.3 Å². The monoisotopic (exact) mass is 480 g/mol. The summed E-state index contributed by atoms with van der Waals surface area (Å²) in [6, 6.07) is 8.35. The molecule has 1 aromatic heterocycles. The number of carboxylic acid groups (broad SMARTS) is 1. The minimum atomic E-state index is -1.89. The smallest absolute Gasteiger partial charge is 0.335 e. The third-order valence-corrected chi connectivity index (χ3v) is 6.87.